The molecule has 3 rings (SSSR count). The molecule has 2 N–H and O–H groups in total. The van der Waals surface area contributed by atoms with Crippen LogP contribution in [0.4, 0.5) is 5.82 Å². The van der Waals surface area contributed by atoms with Crippen LogP contribution in [0, 0.1) is 0 Å². The number of aromatic carboxylic acids is 1. The molecule has 8 nitrogen and oxygen atoms in total. The molecule has 0 bridgehead atoms. The van der Waals surface area contributed by atoms with Gasteiger partial charge in [0.1, 0.15) is 17.7 Å². The molecule has 1 aliphatic heterocycles. The highest BCUT2D eigenvalue weighted by molar-refractivity contribution is 5.92. The summed E-state index contributed by atoms with van der Waals surface area (Å²) in [6.45, 7) is 3.52. The summed E-state index contributed by atoms with van der Waals surface area (Å²) in [5.74, 6) is -0.734. The number of aromatic nitrogens is 3. The van der Waals surface area contributed by atoms with Gasteiger partial charge in [-0.1, -0.05) is 6.07 Å². The smallest absolute Gasteiger partial charge is 0.341 e. The van der Waals surface area contributed by atoms with Crippen LogP contribution in [0.5, 0.6) is 0 Å². The number of ether oxygens (including phenoxy) is 1. The number of pyridine rings is 1. The summed E-state index contributed by atoms with van der Waals surface area (Å²) in [7, 11) is 0. The van der Waals surface area contributed by atoms with Crippen LogP contribution < -0.4 is 5.32 Å². The lowest BCUT2D eigenvalue weighted by Gasteiger charge is -2.34. The van der Waals surface area contributed by atoms with Crippen molar-refractivity contribution in [2.24, 2.45) is 0 Å². The van der Waals surface area contributed by atoms with E-state index in [0.717, 1.165) is 18.7 Å². The first-order valence-electron chi connectivity index (χ1n) is 7.74. The van der Waals surface area contributed by atoms with E-state index in [-0.39, 0.29) is 11.6 Å². The van der Waals surface area contributed by atoms with Gasteiger partial charge in [-0.25, -0.2) is 14.8 Å². The first kappa shape index (κ1) is 16.3. The average Bonchev–Trinajstić information content (AvgIpc) is 2.64. The third kappa shape index (κ3) is 3.84. The number of morpholine rings is 1. The Bertz CT molecular complexity index is 676. The summed E-state index contributed by atoms with van der Waals surface area (Å²) in [5.41, 5.74) is 1.13. The zero-order chi connectivity index (χ0) is 16.8. The molecule has 0 aromatic carbocycles. The lowest BCUT2D eigenvalue weighted by atomic mass is 10.1. The third-order valence-electron chi connectivity index (χ3n) is 3.96. The fourth-order valence-electron chi connectivity index (χ4n) is 2.74. The molecule has 1 atom stereocenters. The number of anilines is 1. The second kappa shape index (κ2) is 7.80. The average molecular weight is 329 g/mol. The van der Waals surface area contributed by atoms with E-state index in [9.17, 15) is 9.90 Å². The highest BCUT2D eigenvalue weighted by Gasteiger charge is 2.23. The minimum atomic E-state index is -1.05. The van der Waals surface area contributed by atoms with Gasteiger partial charge in [0.05, 0.1) is 19.3 Å². The molecule has 126 valence electrons. The minimum Gasteiger partial charge on any atom is -0.477 e. The van der Waals surface area contributed by atoms with Crippen molar-refractivity contribution in [3.05, 3.63) is 48.2 Å². The maximum absolute atomic E-state index is 11.3. The van der Waals surface area contributed by atoms with E-state index < -0.39 is 5.97 Å². The van der Waals surface area contributed by atoms with E-state index >= 15 is 0 Å². The molecule has 2 aromatic heterocycles. The molecule has 1 unspecified atom stereocenters. The second-order valence-electron chi connectivity index (χ2n) is 5.42. The molecule has 24 heavy (non-hydrogen) atoms. The van der Waals surface area contributed by atoms with Gasteiger partial charge in [0.2, 0.25) is 0 Å². The fourth-order valence-corrected chi connectivity index (χ4v) is 2.74. The van der Waals surface area contributed by atoms with Crippen molar-refractivity contribution in [1.82, 2.24) is 19.9 Å². The quantitative estimate of drug-likeness (QED) is 0.811. The Labute approximate surface area is 139 Å². The largest absolute Gasteiger partial charge is 0.477 e. The summed E-state index contributed by atoms with van der Waals surface area (Å²) in [6, 6.07) is 3.97. The van der Waals surface area contributed by atoms with Gasteiger partial charge >= 0.3 is 5.97 Å². The monoisotopic (exact) mass is 329 g/mol. The number of hydrogen-bond donors (Lipinski definition) is 2. The Morgan fingerprint density at radius 3 is 2.88 bits per heavy atom. The molecule has 1 saturated heterocycles. The van der Waals surface area contributed by atoms with Gasteiger partial charge in [0, 0.05) is 38.2 Å². The standard InChI is InChI=1S/C16H19N5O3/c22-16(23)13-9-18-11-20-15(13)19-10-14(12-2-1-3-17-8-12)21-4-6-24-7-5-21/h1-3,8-9,11,14H,4-7,10H2,(H,22,23)(H,18,19,20). The van der Waals surface area contributed by atoms with Gasteiger partial charge in [0.15, 0.2) is 0 Å². The summed E-state index contributed by atoms with van der Waals surface area (Å²) in [6.07, 6.45) is 6.20. The number of carbonyl (C=O) groups is 1. The van der Waals surface area contributed by atoms with Crippen LogP contribution in [0.3, 0.4) is 0 Å². The van der Waals surface area contributed by atoms with E-state index in [1.165, 1.54) is 12.5 Å². The van der Waals surface area contributed by atoms with Gasteiger partial charge in [-0.05, 0) is 11.6 Å². The zero-order valence-corrected chi connectivity index (χ0v) is 13.1. The third-order valence-corrected chi connectivity index (χ3v) is 3.96. The van der Waals surface area contributed by atoms with Crippen LogP contribution in [0.2, 0.25) is 0 Å². The fraction of sp³-hybridized carbons (Fsp3) is 0.375. The molecule has 8 heteroatoms. The lowest BCUT2D eigenvalue weighted by Crippen LogP contribution is -2.41. The second-order valence-corrected chi connectivity index (χ2v) is 5.42. The summed E-state index contributed by atoms with van der Waals surface area (Å²) >= 11 is 0. The number of carboxylic acid groups (broad SMARTS) is 1. The number of carboxylic acids is 1. The Morgan fingerprint density at radius 1 is 1.33 bits per heavy atom. The van der Waals surface area contributed by atoms with Crippen molar-refractivity contribution in [1.29, 1.82) is 0 Å². The number of hydrogen-bond acceptors (Lipinski definition) is 7. The molecule has 1 fully saturated rings. The molecule has 2 aromatic rings. The number of rotatable bonds is 6. The van der Waals surface area contributed by atoms with E-state index in [1.807, 2.05) is 18.3 Å². The molecule has 0 aliphatic carbocycles. The lowest BCUT2D eigenvalue weighted by molar-refractivity contribution is 0.0186. The van der Waals surface area contributed by atoms with Crippen LogP contribution in [-0.4, -0.2) is 63.8 Å². The predicted molar refractivity (Wildman–Crippen MR) is 86.9 cm³/mol. The van der Waals surface area contributed by atoms with Crippen LogP contribution in [0.15, 0.2) is 37.1 Å². The highest BCUT2D eigenvalue weighted by Crippen LogP contribution is 2.22. The van der Waals surface area contributed by atoms with E-state index in [2.05, 4.69) is 25.2 Å². The molecule has 3 heterocycles. The van der Waals surface area contributed by atoms with Crippen LogP contribution >= 0.6 is 0 Å². The maximum atomic E-state index is 11.3. The highest BCUT2D eigenvalue weighted by atomic mass is 16.5. The van der Waals surface area contributed by atoms with Gasteiger partial charge in [-0.2, -0.15) is 0 Å². The van der Waals surface area contributed by atoms with Crippen molar-refractivity contribution < 1.29 is 14.6 Å². The molecule has 1 aliphatic rings. The number of nitrogens with one attached hydrogen (secondary N) is 1. The van der Waals surface area contributed by atoms with Crippen molar-refractivity contribution in [3.63, 3.8) is 0 Å². The van der Waals surface area contributed by atoms with E-state index in [1.54, 1.807) is 6.20 Å². The molecule has 0 saturated carbocycles. The maximum Gasteiger partial charge on any atom is 0.341 e. The molecule has 0 radical (unpaired) electrons. The van der Waals surface area contributed by atoms with Gasteiger partial charge in [-0.3, -0.25) is 9.88 Å². The van der Waals surface area contributed by atoms with Crippen LogP contribution in [0.1, 0.15) is 22.0 Å². The van der Waals surface area contributed by atoms with Gasteiger partial charge < -0.3 is 15.2 Å². The minimum absolute atomic E-state index is 0.0548. The zero-order valence-electron chi connectivity index (χ0n) is 13.1. The Balaban J connectivity index is 1.78. The van der Waals surface area contributed by atoms with Gasteiger partial charge in [-0.15, -0.1) is 0 Å². The molecule has 0 spiro atoms. The first-order valence-corrected chi connectivity index (χ1v) is 7.74. The van der Waals surface area contributed by atoms with Crippen LogP contribution in [-0.2, 0) is 4.74 Å². The first-order chi connectivity index (χ1) is 11.8. The SMILES string of the molecule is O=C(O)c1cncnc1NCC(c1cccnc1)N1CCOCC1. The van der Waals surface area contributed by atoms with Crippen molar-refractivity contribution in [2.45, 2.75) is 6.04 Å². The molecule has 0 amide bonds. The predicted octanol–water partition coefficient (Wildman–Crippen LogP) is 1.06. The topological polar surface area (TPSA) is 100 Å². The van der Waals surface area contributed by atoms with E-state index in [4.69, 9.17) is 4.74 Å². The van der Waals surface area contributed by atoms with Crippen molar-refractivity contribution >= 4 is 11.8 Å². The molecular formula is C16H19N5O3. The summed E-state index contributed by atoms with van der Waals surface area (Å²) < 4.78 is 5.42. The van der Waals surface area contributed by atoms with Crippen molar-refractivity contribution in [2.75, 3.05) is 38.2 Å². The molecular weight excluding hydrogens is 310 g/mol. The van der Waals surface area contributed by atoms with Crippen LogP contribution in [0.25, 0.3) is 0 Å². The Hall–Kier alpha value is -2.58. The normalized spacial score (nSPS) is 16.5. The number of nitrogens with zero attached hydrogens (tertiary/aromatic N) is 4. The van der Waals surface area contributed by atoms with E-state index in [0.29, 0.717) is 25.6 Å². The Morgan fingerprint density at radius 2 is 2.17 bits per heavy atom. The summed E-state index contributed by atoms with van der Waals surface area (Å²) in [4.78, 5) is 25.6. The Kier molecular flexibility index (Phi) is 5.29. The van der Waals surface area contributed by atoms with Gasteiger partial charge in [0.25, 0.3) is 0 Å². The summed E-state index contributed by atoms with van der Waals surface area (Å²) in [5, 5.41) is 12.4. The van der Waals surface area contributed by atoms with Crippen molar-refractivity contribution in [3.8, 4) is 0 Å².